The van der Waals surface area contributed by atoms with Crippen LogP contribution in [-0.2, 0) is 54.6 Å². The van der Waals surface area contributed by atoms with Crippen LogP contribution in [0.4, 0.5) is 0 Å². The van der Waals surface area contributed by atoms with Crippen LogP contribution in [-0.4, -0.2) is 147 Å². The van der Waals surface area contributed by atoms with Gasteiger partial charge in [0.1, 0.15) is 28.7 Å². The molecule has 3 saturated heterocycles. The van der Waals surface area contributed by atoms with E-state index in [9.17, 15) is 29.2 Å². The van der Waals surface area contributed by atoms with E-state index in [-0.39, 0.29) is 49.7 Å². The number of methoxy groups -OCH3 is 1. The van der Waals surface area contributed by atoms with Crippen molar-refractivity contribution in [1.82, 2.24) is 40.1 Å². The van der Waals surface area contributed by atoms with Gasteiger partial charge in [-0.3, -0.25) is 34.1 Å². The lowest BCUT2D eigenvalue weighted by Gasteiger charge is -2.36. The summed E-state index contributed by atoms with van der Waals surface area (Å²) in [6.45, 7) is 12.8. The number of benzene rings is 2. The summed E-state index contributed by atoms with van der Waals surface area (Å²) in [6, 6.07) is 9.78. The molecule has 3 N–H and O–H groups in total. The monoisotopic (exact) mass is 921 g/mol. The van der Waals surface area contributed by atoms with Gasteiger partial charge in [-0.1, -0.05) is 39.8 Å². The Balaban J connectivity index is 1.16. The molecule has 17 heteroatoms. The van der Waals surface area contributed by atoms with E-state index in [1.807, 2.05) is 50.2 Å². The average Bonchev–Trinajstić information content (AvgIpc) is 3.69. The maximum atomic E-state index is 14.7. The molecule has 4 aliphatic rings. The number of likely N-dealkylation sites (tertiary alicyclic amines) is 1. The molecule has 0 aliphatic carbocycles. The van der Waals surface area contributed by atoms with Crippen molar-refractivity contribution in [2.45, 2.75) is 110 Å². The smallest absolute Gasteiger partial charge is 0.324 e. The second-order valence-electron chi connectivity index (χ2n) is 19.9. The summed E-state index contributed by atoms with van der Waals surface area (Å²) >= 11 is 0. The molecule has 4 aliphatic heterocycles. The van der Waals surface area contributed by atoms with E-state index in [0.29, 0.717) is 57.5 Å². The number of phenols is 1. The van der Waals surface area contributed by atoms with Gasteiger partial charge in [-0.2, -0.15) is 0 Å². The number of nitrogens with one attached hydrogen (secondary N) is 2. The van der Waals surface area contributed by atoms with Crippen LogP contribution in [0.25, 0.3) is 33.3 Å². The molecule has 0 spiro atoms. The topological polar surface area (TPSA) is 182 Å². The van der Waals surface area contributed by atoms with Crippen LogP contribution in [0.3, 0.4) is 0 Å². The number of hydrogen-bond donors (Lipinski definition) is 3. The van der Waals surface area contributed by atoms with Crippen LogP contribution < -0.4 is 10.7 Å². The van der Waals surface area contributed by atoms with Gasteiger partial charge in [0.05, 0.1) is 37.4 Å². The van der Waals surface area contributed by atoms with E-state index >= 15 is 0 Å². The van der Waals surface area contributed by atoms with E-state index in [0.717, 1.165) is 49.3 Å². The van der Waals surface area contributed by atoms with Gasteiger partial charge in [0, 0.05) is 80.4 Å². The van der Waals surface area contributed by atoms with Crippen molar-refractivity contribution < 1.29 is 38.6 Å². The number of fused-ring (bicyclic) bond motifs is 6. The zero-order chi connectivity index (χ0) is 47.9. The van der Waals surface area contributed by atoms with Crippen molar-refractivity contribution in [2.24, 2.45) is 11.3 Å². The Morgan fingerprint density at radius 2 is 1.87 bits per heavy atom. The Morgan fingerprint density at radius 3 is 2.58 bits per heavy atom. The number of pyridine rings is 1. The molecule has 6 heterocycles. The Bertz CT molecular complexity index is 2560. The van der Waals surface area contributed by atoms with Gasteiger partial charge in [-0.25, -0.2) is 5.43 Å². The minimum atomic E-state index is -1.16. The first-order chi connectivity index (χ1) is 32.0. The molecule has 3 fully saturated rings. The number of likely N-dealkylation sites (N-methyl/N-ethyl adjacent to an activating group) is 2. The van der Waals surface area contributed by atoms with E-state index in [1.165, 1.54) is 10.0 Å². The second-order valence-corrected chi connectivity index (χ2v) is 19.9. The number of nitroso groups, excluding NO2 is 1. The molecule has 2 aromatic carbocycles. The first-order valence-corrected chi connectivity index (χ1v) is 23.6. The summed E-state index contributed by atoms with van der Waals surface area (Å²) in [5.74, 6) is -1.84. The Kier molecular flexibility index (Phi) is 13.8. The molecule has 6 bridgehead atoms. The highest BCUT2D eigenvalue weighted by Gasteiger charge is 2.48. The molecule has 6 atom stereocenters. The number of amides is 3. The summed E-state index contributed by atoms with van der Waals surface area (Å²) < 4.78 is 14.0. The maximum absolute atomic E-state index is 14.7. The Morgan fingerprint density at radius 1 is 1.09 bits per heavy atom. The average molecular weight is 921 g/mol. The molecular weight excluding hydrogens is 855 g/mol. The van der Waals surface area contributed by atoms with Gasteiger partial charge in [-0.05, 0) is 97.3 Å². The van der Waals surface area contributed by atoms with Crippen molar-refractivity contribution in [3.63, 3.8) is 0 Å². The van der Waals surface area contributed by atoms with Gasteiger partial charge >= 0.3 is 5.97 Å². The highest BCUT2D eigenvalue weighted by molar-refractivity contribution is 5.96. The van der Waals surface area contributed by atoms with E-state index < -0.39 is 47.4 Å². The Hall–Kier alpha value is -5.91. The number of carbonyl (C=O) groups is 4. The second kappa shape index (κ2) is 19.4. The predicted octanol–water partition coefficient (Wildman–Crippen LogP) is 4.46. The van der Waals surface area contributed by atoms with Gasteiger partial charge in [0.25, 0.3) is 11.9 Å². The number of hydrazine groups is 2. The van der Waals surface area contributed by atoms with Crippen molar-refractivity contribution in [3.8, 4) is 28.1 Å². The van der Waals surface area contributed by atoms with Crippen LogP contribution in [0.5, 0.6) is 5.75 Å². The molecule has 17 nitrogen and oxygen atoms in total. The minimum Gasteiger partial charge on any atom is -0.508 e. The number of cyclic esters (lactones) is 1. The normalized spacial score (nSPS) is 23.4. The third-order valence-electron chi connectivity index (χ3n) is 13.9. The number of aryl methyl sites for hydroxylation is 1. The minimum absolute atomic E-state index is 0.00841. The zero-order valence-corrected chi connectivity index (χ0v) is 40.1. The fraction of sp³-hybridized carbons (Fsp3) is 0.540. The first-order valence-electron chi connectivity index (χ1n) is 23.6. The Labute approximate surface area is 392 Å². The van der Waals surface area contributed by atoms with Crippen LogP contribution in [0.15, 0.2) is 54.9 Å². The van der Waals surface area contributed by atoms with E-state index in [4.69, 9.17) is 9.47 Å². The largest absolute Gasteiger partial charge is 0.508 e. The van der Waals surface area contributed by atoms with Crippen molar-refractivity contribution in [3.05, 3.63) is 76.5 Å². The summed E-state index contributed by atoms with van der Waals surface area (Å²) in [5.41, 5.74) is 9.75. The van der Waals surface area contributed by atoms with Crippen LogP contribution >= 0.6 is 0 Å². The van der Waals surface area contributed by atoms with Gasteiger partial charge in [0.2, 0.25) is 11.8 Å². The highest BCUT2D eigenvalue weighted by atomic mass is 16.5. The van der Waals surface area contributed by atoms with Crippen molar-refractivity contribution in [2.75, 3.05) is 54.0 Å². The van der Waals surface area contributed by atoms with Crippen LogP contribution in [0.1, 0.15) is 70.6 Å². The number of aromatic hydroxyl groups is 1. The summed E-state index contributed by atoms with van der Waals surface area (Å²) in [4.78, 5) is 79.2. The third-order valence-corrected chi connectivity index (χ3v) is 13.9. The maximum Gasteiger partial charge on any atom is 0.324 e. The SMILES string of the molecule is CCn1c(-c2cnccc2COC)c2c3cc(ccc31)-c1cc(O)cc(c1)C[C@H](NC(=O)[C@H](C(C)C)N(C)[N+](=O)[C@H]1CCN(C(=O)[C@H]3CN3C)C1)C(=O)N1CCC[C@H](N1)C(=O)OCC(C)(C)C2. The van der Waals surface area contributed by atoms with E-state index in [2.05, 4.69) is 53.2 Å². The van der Waals surface area contributed by atoms with Crippen LogP contribution in [0.2, 0.25) is 0 Å². The van der Waals surface area contributed by atoms with Crippen molar-refractivity contribution >= 4 is 34.6 Å². The number of nitrogens with zero attached hydrogens (tertiary/aromatic N) is 7. The molecule has 67 heavy (non-hydrogen) atoms. The van der Waals surface area contributed by atoms with Crippen molar-refractivity contribution in [1.29, 1.82) is 0 Å². The number of esters is 1. The highest BCUT2D eigenvalue weighted by Crippen LogP contribution is 2.41. The summed E-state index contributed by atoms with van der Waals surface area (Å²) in [6.07, 6.45) is 5.60. The zero-order valence-electron chi connectivity index (χ0n) is 40.1. The predicted molar refractivity (Wildman–Crippen MR) is 252 cm³/mol. The van der Waals surface area contributed by atoms with E-state index in [1.54, 1.807) is 37.4 Å². The molecule has 0 saturated carbocycles. The molecule has 4 aromatic rings. The molecule has 2 aromatic heterocycles. The summed E-state index contributed by atoms with van der Waals surface area (Å²) in [7, 11) is 5.14. The first kappa shape index (κ1) is 47.6. The molecule has 3 amide bonds. The fourth-order valence-electron chi connectivity index (χ4n) is 10.3. The summed E-state index contributed by atoms with van der Waals surface area (Å²) in [5, 5.41) is 18.1. The number of carbonyl (C=O) groups excluding carboxylic acids is 4. The number of ether oxygens (including phenoxy) is 2. The number of phenolic OH excluding ortho intramolecular Hbond substituents is 1. The third kappa shape index (κ3) is 9.90. The lowest BCUT2D eigenvalue weighted by Crippen LogP contribution is -2.62. The number of aromatic nitrogens is 2. The van der Waals surface area contributed by atoms with Gasteiger partial charge in [0.15, 0.2) is 6.04 Å². The standard InChI is InChI=1S/C50H65N9O8/c1-9-57-42-13-12-32-23-37(42)38(45(57)39-25-51-16-14-33(39)28-66-8)24-50(4,5)29-67-49(64)40-11-10-17-58(53-40)47(62)41(21-31-19-34(32)22-36(60)20-31)52-46(61)44(30(2)3)55(7)59(65)35-15-18-56(26-35)48(63)43-27-54(43)6/h12-14,16,19-20,22-23,25,30,35,40-41,43-44,53H,9-11,15,17-18,21,24,26-29H2,1-8H3,(H-,52,60,61)/p+1/t35-,40-,41-,43+,44-,54?/m0/s1. The number of rotatable bonds is 11. The number of hydrogen-bond acceptors (Lipinski definition) is 11. The molecule has 358 valence electrons. The molecule has 0 radical (unpaired) electrons. The molecule has 1 unspecified atom stereocenters. The molecule has 8 rings (SSSR count). The fourth-order valence-corrected chi connectivity index (χ4v) is 10.3. The quantitative estimate of drug-likeness (QED) is 0.0834. The molecular formula is C50H66N9O8+. The lowest BCUT2D eigenvalue weighted by molar-refractivity contribution is -0.732. The van der Waals surface area contributed by atoms with Gasteiger partial charge in [-0.15, -0.1) is 5.01 Å². The van der Waals surface area contributed by atoms with Gasteiger partial charge < -0.3 is 29.4 Å². The lowest BCUT2D eigenvalue weighted by atomic mass is 9.84. The van der Waals surface area contributed by atoms with Crippen LogP contribution in [0, 0.1) is 16.2 Å².